The third-order valence-electron chi connectivity index (χ3n) is 2.61. The van der Waals surface area contributed by atoms with Gasteiger partial charge in [0.2, 0.25) is 0 Å². The minimum absolute atomic E-state index is 0.247. The van der Waals surface area contributed by atoms with Crippen molar-refractivity contribution in [2.24, 2.45) is 0 Å². The summed E-state index contributed by atoms with van der Waals surface area (Å²) in [5.74, 6) is 0.305. The van der Waals surface area contributed by atoms with Crippen molar-refractivity contribution in [3.8, 4) is 0 Å². The molecule has 0 aliphatic rings. The summed E-state index contributed by atoms with van der Waals surface area (Å²) in [6, 6.07) is 5.33. The molecule has 2 aromatic rings. The Morgan fingerprint density at radius 3 is 2.65 bits per heavy atom. The second-order valence-electron chi connectivity index (χ2n) is 3.94. The average molecular weight is 230 g/mol. The van der Waals surface area contributed by atoms with Crippen LogP contribution in [-0.4, -0.2) is 21.1 Å². The number of aromatic amines is 1. The standard InChI is InChI=1S/C12H14N4O/c1-7-5-4-6-10(13-7)12(17)14-11-8(2)9(3)15-16-11/h4-6H,1-3H3,(H2,14,15,16,17). The Labute approximate surface area is 99.3 Å². The number of rotatable bonds is 2. The monoisotopic (exact) mass is 230 g/mol. The number of anilines is 1. The average Bonchev–Trinajstić information content (AvgIpc) is 2.61. The smallest absolute Gasteiger partial charge is 0.275 e. The molecule has 0 saturated heterocycles. The summed E-state index contributed by atoms with van der Waals surface area (Å²) in [5.41, 5.74) is 3.08. The Hall–Kier alpha value is -2.17. The minimum Gasteiger partial charge on any atom is -0.304 e. The predicted molar refractivity (Wildman–Crippen MR) is 65.0 cm³/mol. The van der Waals surface area contributed by atoms with Gasteiger partial charge in [-0.15, -0.1) is 0 Å². The maximum absolute atomic E-state index is 11.9. The zero-order chi connectivity index (χ0) is 12.4. The fourth-order valence-electron chi connectivity index (χ4n) is 1.45. The van der Waals surface area contributed by atoms with Gasteiger partial charge < -0.3 is 5.32 Å². The van der Waals surface area contributed by atoms with Crippen LogP contribution >= 0.6 is 0 Å². The number of hydrogen-bond acceptors (Lipinski definition) is 3. The van der Waals surface area contributed by atoms with Gasteiger partial charge in [0.15, 0.2) is 5.82 Å². The summed E-state index contributed by atoms with van der Waals surface area (Å²) in [6.07, 6.45) is 0. The fraction of sp³-hybridized carbons (Fsp3) is 0.250. The lowest BCUT2D eigenvalue weighted by Gasteiger charge is -2.03. The molecular weight excluding hydrogens is 216 g/mol. The number of aromatic nitrogens is 3. The molecular formula is C12H14N4O. The van der Waals surface area contributed by atoms with Gasteiger partial charge >= 0.3 is 0 Å². The van der Waals surface area contributed by atoms with Crippen LogP contribution in [0.5, 0.6) is 0 Å². The first-order chi connectivity index (χ1) is 8.08. The van der Waals surface area contributed by atoms with E-state index in [9.17, 15) is 4.79 Å². The molecule has 0 aromatic carbocycles. The van der Waals surface area contributed by atoms with E-state index < -0.39 is 0 Å². The molecule has 0 bridgehead atoms. The Balaban J connectivity index is 2.20. The van der Waals surface area contributed by atoms with E-state index in [4.69, 9.17) is 0 Å². The molecule has 2 heterocycles. The summed E-state index contributed by atoms with van der Waals surface area (Å²) in [4.78, 5) is 16.1. The highest BCUT2D eigenvalue weighted by molar-refractivity contribution is 6.02. The van der Waals surface area contributed by atoms with Gasteiger partial charge in [-0.2, -0.15) is 5.10 Å². The van der Waals surface area contributed by atoms with Gasteiger partial charge in [0.25, 0.3) is 5.91 Å². The van der Waals surface area contributed by atoms with E-state index in [-0.39, 0.29) is 5.91 Å². The SMILES string of the molecule is Cc1cccc(C(=O)Nc2n[nH]c(C)c2C)n1. The van der Waals surface area contributed by atoms with E-state index in [1.807, 2.05) is 26.8 Å². The summed E-state index contributed by atoms with van der Waals surface area (Å²) < 4.78 is 0. The lowest BCUT2D eigenvalue weighted by molar-refractivity contribution is 0.102. The Morgan fingerprint density at radius 1 is 1.29 bits per heavy atom. The number of pyridine rings is 1. The molecule has 2 rings (SSSR count). The maximum Gasteiger partial charge on any atom is 0.275 e. The van der Waals surface area contributed by atoms with Crippen molar-refractivity contribution in [2.75, 3.05) is 5.32 Å². The third-order valence-corrected chi connectivity index (χ3v) is 2.61. The first-order valence-electron chi connectivity index (χ1n) is 5.34. The van der Waals surface area contributed by atoms with Gasteiger partial charge in [-0.05, 0) is 32.9 Å². The van der Waals surface area contributed by atoms with Crippen LogP contribution < -0.4 is 5.32 Å². The minimum atomic E-state index is -0.247. The molecule has 2 N–H and O–H groups in total. The Morgan fingerprint density at radius 2 is 2.06 bits per heavy atom. The lowest BCUT2D eigenvalue weighted by Crippen LogP contribution is -2.14. The topological polar surface area (TPSA) is 70.7 Å². The first-order valence-corrected chi connectivity index (χ1v) is 5.34. The molecule has 88 valence electrons. The van der Waals surface area contributed by atoms with E-state index in [2.05, 4.69) is 20.5 Å². The molecule has 5 heteroatoms. The second kappa shape index (κ2) is 4.37. The van der Waals surface area contributed by atoms with Crippen molar-refractivity contribution in [2.45, 2.75) is 20.8 Å². The van der Waals surface area contributed by atoms with Gasteiger partial charge in [-0.3, -0.25) is 9.89 Å². The van der Waals surface area contributed by atoms with Crippen molar-refractivity contribution in [3.63, 3.8) is 0 Å². The van der Waals surface area contributed by atoms with E-state index in [0.29, 0.717) is 11.5 Å². The molecule has 0 saturated carbocycles. The molecule has 0 unspecified atom stereocenters. The van der Waals surface area contributed by atoms with E-state index in [0.717, 1.165) is 17.0 Å². The van der Waals surface area contributed by atoms with Crippen LogP contribution in [0.25, 0.3) is 0 Å². The second-order valence-corrected chi connectivity index (χ2v) is 3.94. The molecule has 0 spiro atoms. The van der Waals surface area contributed by atoms with E-state index in [1.54, 1.807) is 12.1 Å². The summed E-state index contributed by atoms with van der Waals surface area (Å²) in [6.45, 7) is 5.65. The van der Waals surface area contributed by atoms with E-state index >= 15 is 0 Å². The van der Waals surface area contributed by atoms with Crippen LogP contribution in [0.4, 0.5) is 5.82 Å². The van der Waals surface area contributed by atoms with Crippen molar-refractivity contribution in [3.05, 3.63) is 40.8 Å². The van der Waals surface area contributed by atoms with Gasteiger partial charge in [0.05, 0.1) is 0 Å². The van der Waals surface area contributed by atoms with Crippen molar-refractivity contribution in [1.29, 1.82) is 0 Å². The first kappa shape index (κ1) is 11.3. The van der Waals surface area contributed by atoms with Crippen LogP contribution in [0.2, 0.25) is 0 Å². The predicted octanol–water partition coefficient (Wildman–Crippen LogP) is 1.98. The molecule has 1 amide bonds. The summed E-state index contributed by atoms with van der Waals surface area (Å²) in [7, 11) is 0. The maximum atomic E-state index is 11.9. The number of nitrogens with one attached hydrogen (secondary N) is 2. The van der Waals surface area contributed by atoms with Crippen molar-refractivity contribution < 1.29 is 4.79 Å². The van der Waals surface area contributed by atoms with Crippen LogP contribution in [0.1, 0.15) is 27.4 Å². The molecule has 0 fully saturated rings. The van der Waals surface area contributed by atoms with Crippen LogP contribution in [0, 0.1) is 20.8 Å². The highest BCUT2D eigenvalue weighted by Crippen LogP contribution is 2.14. The molecule has 0 aliphatic heterocycles. The number of amides is 1. The Kier molecular flexibility index (Phi) is 2.91. The highest BCUT2D eigenvalue weighted by atomic mass is 16.1. The zero-order valence-corrected chi connectivity index (χ0v) is 10.0. The number of aryl methyl sites for hydroxylation is 2. The van der Waals surface area contributed by atoms with Gasteiger partial charge in [0, 0.05) is 17.0 Å². The van der Waals surface area contributed by atoms with Crippen LogP contribution in [0.3, 0.4) is 0 Å². The zero-order valence-electron chi connectivity index (χ0n) is 10.0. The van der Waals surface area contributed by atoms with Gasteiger partial charge in [-0.25, -0.2) is 4.98 Å². The fourth-order valence-corrected chi connectivity index (χ4v) is 1.45. The quantitative estimate of drug-likeness (QED) is 0.828. The summed E-state index contributed by atoms with van der Waals surface area (Å²) >= 11 is 0. The van der Waals surface area contributed by atoms with Crippen LogP contribution in [0.15, 0.2) is 18.2 Å². The number of carbonyl (C=O) groups excluding carboxylic acids is 1. The van der Waals surface area contributed by atoms with Gasteiger partial charge in [0.1, 0.15) is 5.69 Å². The molecule has 0 atom stereocenters. The normalized spacial score (nSPS) is 10.3. The third kappa shape index (κ3) is 2.33. The molecule has 2 aromatic heterocycles. The number of carbonyl (C=O) groups is 1. The highest BCUT2D eigenvalue weighted by Gasteiger charge is 2.12. The van der Waals surface area contributed by atoms with E-state index in [1.165, 1.54) is 0 Å². The Bertz CT molecular complexity index is 559. The van der Waals surface area contributed by atoms with Crippen molar-refractivity contribution >= 4 is 11.7 Å². The van der Waals surface area contributed by atoms with Crippen LogP contribution in [-0.2, 0) is 0 Å². The molecule has 0 radical (unpaired) electrons. The van der Waals surface area contributed by atoms with Crippen molar-refractivity contribution in [1.82, 2.24) is 15.2 Å². The van der Waals surface area contributed by atoms with Gasteiger partial charge in [-0.1, -0.05) is 6.07 Å². The largest absolute Gasteiger partial charge is 0.304 e. The number of H-pyrrole nitrogens is 1. The lowest BCUT2D eigenvalue weighted by atomic mass is 10.2. The molecule has 0 aliphatic carbocycles. The molecule has 17 heavy (non-hydrogen) atoms. The summed E-state index contributed by atoms with van der Waals surface area (Å²) in [5, 5.41) is 9.57. The molecule has 5 nitrogen and oxygen atoms in total. The number of nitrogens with zero attached hydrogens (tertiary/aromatic N) is 2. The number of hydrogen-bond donors (Lipinski definition) is 2.